The SMILES string of the molecule is CCC(CC)n1nc(C(=O)N(CC(C)O)C(C)C)cc1C. The first-order chi connectivity index (χ1) is 9.81. The molecule has 1 N–H and O–H groups in total. The maximum absolute atomic E-state index is 12.6. The summed E-state index contributed by atoms with van der Waals surface area (Å²) in [6.07, 6.45) is 1.45. The predicted molar refractivity (Wildman–Crippen MR) is 84.4 cm³/mol. The van der Waals surface area contributed by atoms with Gasteiger partial charge in [-0.2, -0.15) is 5.10 Å². The van der Waals surface area contributed by atoms with E-state index in [4.69, 9.17) is 0 Å². The van der Waals surface area contributed by atoms with Crippen LogP contribution in [0.25, 0.3) is 0 Å². The van der Waals surface area contributed by atoms with Gasteiger partial charge in [0.25, 0.3) is 5.91 Å². The summed E-state index contributed by atoms with van der Waals surface area (Å²) in [5.41, 5.74) is 1.47. The van der Waals surface area contributed by atoms with Crippen LogP contribution in [0.3, 0.4) is 0 Å². The molecule has 1 amide bonds. The van der Waals surface area contributed by atoms with Gasteiger partial charge in [-0.3, -0.25) is 9.48 Å². The molecule has 0 saturated heterocycles. The quantitative estimate of drug-likeness (QED) is 0.841. The van der Waals surface area contributed by atoms with Crippen LogP contribution in [0, 0.1) is 6.92 Å². The van der Waals surface area contributed by atoms with Crippen molar-refractivity contribution in [2.75, 3.05) is 6.54 Å². The van der Waals surface area contributed by atoms with Crippen LogP contribution in [0.15, 0.2) is 6.07 Å². The Kier molecular flexibility index (Phi) is 6.40. The number of nitrogens with zero attached hydrogens (tertiary/aromatic N) is 3. The normalized spacial score (nSPS) is 13.0. The summed E-state index contributed by atoms with van der Waals surface area (Å²) in [7, 11) is 0. The molecule has 0 fully saturated rings. The fourth-order valence-electron chi connectivity index (χ4n) is 2.56. The minimum Gasteiger partial charge on any atom is -0.392 e. The number of amides is 1. The summed E-state index contributed by atoms with van der Waals surface area (Å²) < 4.78 is 1.95. The van der Waals surface area contributed by atoms with Gasteiger partial charge < -0.3 is 10.0 Å². The summed E-state index contributed by atoms with van der Waals surface area (Å²) in [6, 6.07) is 2.21. The van der Waals surface area contributed by atoms with Gasteiger partial charge in [-0.05, 0) is 46.6 Å². The van der Waals surface area contributed by atoms with Gasteiger partial charge in [-0.15, -0.1) is 0 Å². The second-order valence-corrected chi connectivity index (χ2v) is 5.99. The minimum atomic E-state index is -0.543. The molecule has 5 heteroatoms. The van der Waals surface area contributed by atoms with Gasteiger partial charge >= 0.3 is 0 Å². The van der Waals surface area contributed by atoms with Crippen molar-refractivity contribution in [3.8, 4) is 0 Å². The van der Waals surface area contributed by atoms with Crippen molar-refractivity contribution in [2.24, 2.45) is 0 Å². The van der Waals surface area contributed by atoms with Crippen molar-refractivity contribution in [3.05, 3.63) is 17.5 Å². The van der Waals surface area contributed by atoms with E-state index in [1.807, 2.05) is 31.5 Å². The average Bonchev–Trinajstić information content (AvgIpc) is 2.79. The maximum Gasteiger partial charge on any atom is 0.274 e. The Morgan fingerprint density at radius 3 is 2.33 bits per heavy atom. The number of hydrogen-bond acceptors (Lipinski definition) is 3. The third kappa shape index (κ3) is 4.30. The number of hydrogen-bond donors (Lipinski definition) is 1. The molecule has 0 saturated carbocycles. The van der Waals surface area contributed by atoms with E-state index in [-0.39, 0.29) is 11.9 Å². The molecule has 120 valence electrons. The molecule has 0 bridgehead atoms. The molecule has 0 radical (unpaired) electrons. The van der Waals surface area contributed by atoms with Crippen molar-refractivity contribution in [2.45, 2.75) is 72.6 Å². The topological polar surface area (TPSA) is 58.4 Å². The second-order valence-electron chi connectivity index (χ2n) is 5.99. The van der Waals surface area contributed by atoms with Crippen LogP contribution in [-0.2, 0) is 0 Å². The highest BCUT2D eigenvalue weighted by Crippen LogP contribution is 2.19. The van der Waals surface area contributed by atoms with Crippen LogP contribution in [0.4, 0.5) is 0 Å². The third-order valence-electron chi connectivity index (χ3n) is 3.78. The fourth-order valence-corrected chi connectivity index (χ4v) is 2.56. The van der Waals surface area contributed by atoms with Gasteiger partial charge in [-0.1, -0.05) is 13.8 Å². The highest BCUT2D eigenvalue weighted by Gasteiger charge is 2.24. The number of aryl methyl sites for hydroxylation is 1. The zero-order chi connectivity index (χ0) is 16.2. The fraction of sp³-hybridized carbons (Fsp3) is 0.750. The van der Waals surface area contributed by atoms with Crippen LogP contribution in [0.1, 0.15) is 69.7 Å². The van der Waals surface area contributed by atoms with E-state index >= 15 is 0 Å². The van der Waals surface area contributed by atoms with Crippen molar-refractivity contribution >= 4 is 5.91 Å². The van der Waals surface area contributed by atoms with Crippen LogP contribution < -0.4 is 0 Å². The Hall–Kier alpha value is -1.36. The smallest absolute Gasteiger partial charge is 0.274 e. The molecule has 1 rings (SSSR count). The number of rotatable bonds is 7. The molecule has 1 unspecified atom stereocenters. The molecule has 1 heterocycles. The number of aliphatic hydroxyl groups excluding tert-OH is 1. The van der Waals surface area contributed by atoms with E-state index in [0.717, 1.165) is 18.5 Å². The second kappa shape index (κ2) is 7.59. The lowest BCUT2D eigenvalue weighted by Gasteiger charge is -2.27. The molecule has 0 aliphatic heterocycles. The molecule has 21 heavy (non-hydrogen) atoms. The largest absolute Gasteiger partial charge is 0.392 e. The van der Waals surface area contributed by atoms with Gasteiger partial charge in [0.1, 0.15) is 0 Å². The summed E-state index contributed by atoms with van der Waals surface area (Å²) >= 11 is 0. The van der Waals surface area contributed by atoms with E-state index in [1.165, 1.54) is 0 Å². The van der Waals surface area contributed by atoms with E-state index in [0.29, 0.717) is 18.3 Å². The summed E-state index contributed by atoms with van der Waals surface area (Å²) in [4.78, 5) is 14.3. The van der Waals surface area contributed by atoms with Crippen molar-refractivity contribution in [3.63, 3.8) is 0 Å². The lowest BCUT2D eigenvalue weighted by molar-refractivity contribution is 0.0572. The Balaban J connectivity index is 3.04. The van der Waals surface area contributed by atoms with Gasteiger partial charge in [0.2, 0.25) is 0 Å². The van der Waals surface area contributed by atoms with E-state index in [2.05, 4.69) is 18.9 Å². The standard InChI is InChI=1S/C16H29N3O2/c1-7-14(8-2)19-12(5)9-15(17-19)16(21)18(11(3)4)10-13(6)20/h9,11,13-14,20H,7-8,10H2,1-6H3. The van der Waals surface area contributed by atoms with E-state index < -0.39 is 6.10 Å². The van der Waals surface area contributed by atoms with Crippen LogP contribution in [0.2, 0.25) is 0 Å². The molecule has 1 aromatic heterocycles. The molecular weight excluding hydrogens is 266 g/mol. The molecule has 0 spiro atoms. The summed E-state index contributed by atoms with van der Waals surface area (Å²) in [5.74, 6) is -0.112. The Morgan fingerprint density at radius 1 is 1.33 bits per heavy atom. The number of aromatic nitrogens is 2. The van der Waals surface area contributed by atoms with Gasteiger partial charge in [0.05, 0.1) is 12.1 Å². The van der Waals surface area contributed by atoms with E-state index in [1.54, 1.807) is 11.8 Å². The van der Waals surface area contributed by atoms with Crippen molar-refractivity contribution in [1.82, 2.24) is 14.7 Å². The van der Waals surface area contributed by atoms with Crippen molar-refractivity contribution in [1.29, 1.82) is 0 Å². The Morgan fingerprint density at radius 2 is 1.90 bits per heavy atom. The number of carbonyl (C=O) groups excluding carboxylic acids is 1. The Bertz CT molecular complexity index is 462. The van der Waals surface area contributed by atoms with Gasteiger partial charge in [0.15, 0.2) is 5.69 Å². The van der Waals surface area contributed by atoms with Crippen LogP contribution >= 0.6 is 0 Å². The summed E-state index contributed by atoms with van der Waals surface area (Å²) in [6.45, 7) is 12.2. The van der Waals surface area contributed by atoms with Crippen molar-refractivity contribution < 1.29 is 9.90 Å². The first-order valence-corrected chi connectivity index (χ1v) is 7.86. The molecule has 1 atom stereocenters. The molecule has 1 aromatic rings. The summed E-state index contributed by atoms with van der Waals surface area (Å²) in [5, 5.41) is 14.1. The highest BCUT2D eigenvalue weighted by molar-refractivity contribution is 5.92. The average molecular weight is 295 g/mol. The van der Waals surface area contributed by atoms with Gasteiger partial charge in [-0.25, -0.2) is 0 Å². The van der Waals surface area contributed by atoms with Crippen LogP contribution in [-0.4, -0.2) is 44.4 Å². The highest BCUT2D eigenvalue weighted by atomic mass is 16.3. The van der Waals surface area contributed by atoms with Crippen LogP contribution in [0.5, 0.6) is 0 Å². The maximum atomic E-state index is 12.6. The first-order valence-electron chi connectivity index (χ1n) is 7.86. The lowest BCUT2D eigenvalue weighted by atomic mass is 10.2. The third-order valence-corrected chi connectivity index (χ3v) is 3.78. The zero-order valence-electron chi connectivity index (χ0n) is 14.1. The molecular formula is C16H29N3O2. The lowest BCUT2D eigenvalue weighted by Crippen LogP contribution is -2.41. The first kappa shape index (κ1) is 17.7. The Labute approximate surface area is 127 Å². The molecule has 5 nitrogen and oxygen atoms in total. The monoisotopic (exact) mass is 295 g/mol. The van der Waals surface area contributed by atoms with E-state index in [9.17, 15) is 9.90 Å². The molecule has 0 aromatic carbocycles. The molecule has 0 aliphatic carbocycles. The zero-order valence-corrected chi connectivity index (χ0v) is 14.1. The van der Waals surface area contributed by atoms with Gasteiger partial charge in [0, 0.05) is 18.3 Å². The minimum absolute atomic E-state index is 0.0331. The molecule has 0 aliphatic rings. The predicted octanol–water partition coefficient (Wildman–Crippen LogP) is 2.78. The number of aliphatic hydroxyl groups is 1. The number of carbonyl (C=O) groups is 1.